The number of aromatic nitrogens is 1. The zero-order valence-electron chi connectivity index (χ0n) is 15.1. The fraction of sp³-hybridized carbons (Fsp3) is 0.550. The number of carbonyl (C=O) groups excluding carboxylic acids is 1. The largest absolute Gasteiger partial charge is 0.373 e. The Morgan fingerprint density at radius 1 is 1.40 bits per heavy atom. The van der Waals surface area contributed by atoms with Gasteiger partial charge in [-0.2, -0.15) is 0 Å². The molecule has 1 N–H and O–H groups in total. The highest BCUT2D eigenvalue weighted by Crippen LogP contribution is 2.38. The van der Waals surface area contributed by atoms with Gasteiger partial charge in [-0.05, 0) is 62.9 Å². The summed E-state index contributed by atoms with van der Waals surface area (Å²) < 4.78 is 6.24. The number of piperidine rings is 1. The molecule has 2 fully saturated rings. The molecule has 5 heteroatoms. The minimum Gasteiger partial charge on any atom is -0.373 e. The summed E-state index contributed by atoms with van der Waals surface area (Å²) in [6, 6.07) is 7.93. The first-order chi connectivity index (χ1) is 12.0. The van der Waals surface area contributed by atoms with Gasteiger partial charge in [0, 0.05) is 36.9 Å². The highest BCUT2D eigenvalue weighted by Gasteiger charge is 2.44. The lowest BCUT2D eigenvalue weighted by atomic mass is 9.86. The van der Waals surface area contributed by atoms with E-state index in [1.54, 1.807) is 0 Å². The van der Waals surface area contributed by atoms with Gasteiger partial charge < -0.3 is 19.5 Å². The number of nitrogens with one attached hydrogen (secondary N) is 1. The summed E-state index contributed by atoms with van der Waals surface area (Å²) in [4.78, 5) is 20.4. The van der Waals surface area contributed by atoms with Crippen molar-refractivity contribution < 1.29 is 9.53 Å². The molecule has 2 aliphatic rings. The molecule has 0 unspecified atom stereocenters. The molecule has 0 radical (unpaired) electrons. The van der Waals surface area contributed by atoms with Crippen molar-refractivity contribution in [2.24, 2.45) is 5.92 Å². The lowest BCUT2D eigenvalue weighted by Gasteiger charge is -2.40. The van der Waals surface area contributed by atoms with E-state index in [-0.39, 0.29) is 11.5 Å². The number of benzene rings is 1. The average molecular weight is 341 g/mol. The number of aromatic amines is 1. The fourth-order valence-electron chi connectivity index (χ4n) is 4.49. The van der Waals surface area contributed by atoms with E-state index in [1.165, 1.54) is 0 Å². The SMILES string of the molecule is CN(C)C[C@@H]1CO[C@@]2(CCCN(C(=O)c3ccc4cc[nH]c4c3)C2)C1. The molecule has 2 aromatic rings. The number of nitrogens with zero attached hydrogens (tertiary/aromatic N) is 2. The van der Waals surface area contributed by atoms with Crippen molar-refractivity contribution in [1.29, 1.82) is 0 Å². The molecule has 0 aliphatic carbocycles. The minimum absolute atomic E-state index is 0.121. The lowest BCUT2D eigenvalue weighted by Crippen LogP contribution is -2.50. The molecule has 1 aromatic heterocycles. The maximum atomic E-state index is 13.0. The van der Waals surface area contributed by atoms with Crippen LogP contribution in [-0.4, -0.2) is 66.6 Å². The van der Waals surface area contributed by atoms with Crippen LogP contribution in [0.1, 0.15) is 29.6 Å². The Bertz CT molecular complexity index is 769. The topological polar surface area (TPSA) is 48.6 Å². The van der Waals surface area contributed by atoms with Crippen LogP contribution in [0.25, 0.3) is 10.9 Å². The third-order valence-electron chi connectivity index (χ3n) is 5.54. The average Bonchev–Trinajstić information content (AvgIpc) is 3.20. The Morgan fingerprint density at radius 2 is 2.28 bits per heavy atom. The zero-order valence-corrected chi connectivity index (χ0v) is 15.1. The third-order valence-corrected chi connectivity index (χ3v) is 5.54. The van der Waals surface area contributed by atoms with Crippen LogP contribution in [-0.2, 0) is 4.74 Å². The standard InChI is InChI=1S/C20H27N3O2/c1-22(2)12-15-11-20(25-13-15)7-3-9-23(14-20)19(24)17-5-4-16-6-8-21-18(16)10-17/h4-6,8,10,15,21H,3,7,9,11-14H2,1-2H3/t15-,20+/m1/s1. The zero-order chi connectivity index (χ0) is 17.4. The van der Waals surface area contributed by atoms with Gasteiger partial charge in [-0.15, -0.1) is 0 Å². The normalized spacial score (nSPS) is 26.8. The molecule has 2 aliphatic heterocycles. The van der Waals surface area contributed by atoms with E-state index in [1.807, 2.05) is 35.4 Å². The Balaban J connectivity index is 1.48. The number of fused-ring (bicyclic) bond motifs is 1. The van der Waals surface area contributed by atoms with Gasteiger partial charge in [-0.1, -0.05) is 6.07 Å². The van der Waals surface area contributed by atoms with Gasteiger partial charge in [0.15, 0.2) is 0 Å². The van der Waals surface area contributed by atoms with Crippen LogP contribution in [0.15, 0.2) is 30.5 Å². The van der Waals surface area contributed by atoms with Crippen molar-refractivity contribution in [3.63, 3.8) is 0 Å². The Morgan fingerprint density at radius 3 is 3.12 bits per heavy atom. The first kappa shape index (κ1) is 16.6. The van der Waals surface area contributed by atoms with E-state index in [0.29, 0.717) is 5.92 Å². The molecule has 2 saturated heterocycles. The molecular formula is C20H27N3O2. The molecule has 1 aromatic carbocycles. The van der Waals surface area contributed by atoms with Crippen LogP contribution in [0.2, 0.25) is 0 Å². The van der Waals surface area contributed by atoms with Crippen LogP contribution in [0.3, 0.4) is 0 Å². The summed E-state index contributed by atoms with van der Waals surface area (Å²) in [5, 5.41) is 1.14. The van der Waals surface area contributed by atoms with Gasteiger partial charge in [0.1, 0.15) is 0 Å². The van der Waals surface area contributed by atoms with E-state index >= 15 is 0 Å². The maximum absolute atomic E-state index is 13.0. The van der Waals surface area contributed by atoms with E-state index in [9.17, 15) is 4.79 Å². The van der Waals surface area contributed by atoms with Crippen LogP contribution in [0.5, 0.6) is 0 Å². The van der Waals surface area contributed by atoms with E-state index in [2.05, 4.69) is 24.0 Å². The van der Waals surface area contributed by atoms with Crippen molar-refractivity contribution >= 4 is 16.8 Å². The highest BCUT2D eigenvalue weighted by molar-refractivity contribution is 5.98. The van der Waals surface area contributed by atoms with Crippen LogP contribution >= 0.6 is 0 Å². The lowest BCUT2D eigenvalue weighted by molar-refractivity contribution is -0.0450. The summed E-state index contributed by atoms with van der Waals surface area (Å²) in [7, 11) is 4.22. The van der Waals surface area contributed by atoms with Gasteiger partial charge >= 0.3 is 0 Å². The van der Waals surface area contributed by atoms with Crippen molar-refractivity contribution in [3.8, 4) is 0 Å². The molecule has 0 saturated carbocycles. The van der Waals surface area contributed by atoms with E-state index in [4.69, 9.17) is 4.74 Å². The first-order valence-electron chi connectivity index (χ1n) is 9.20. The Kier molecular flexibility index (Phi) is 4.29. The quantitative estimate of drug-likeness (QED) is 0.934. The number of likely N-dealkylation sites (tertiary alicyclic amines) is 1. The predicted octanol–water partition coefficient (Wildman–Crippen LogP) is 2.74. The van der Waals surface area contributed by atoms with E-state index in [0.717, 1.165) is 62.0 Å². The molecule has 25 heavy (non-hydrogen) atoms. The van der Waals surface area contributed by atoms with Gasteiger partial charge in [0.25, 0.3) is 5.91 Å². The number of rotatable bonds is 3. The van der Waals surface area contributed by atoms with Crippen molar-refractivity contribution in [1.82, 2.24) is 14.8 Å². The minimum atomic E-state index is -0.134. The number of amides is 1. The van der Waals surface area contributed by atoms with E-state index < -0.39 is 0 Å². The number of hydrogen-bond acceptors (Lipinski definition) is 3. The summed E-state index contributed by atoms with van der Waals surface area (Å²) in [6.45, 7) is 3.41. The molecule has 3 heterocycles. The molecule has 2 atom stereocenters. The van der Waals surface area contributed by atoms with Crippen LogP contribution in [0.4, 0.5) is 0 Å². The van der Waals surface area contributed by atoms with Crippen molar-refractivity contribution in [2.45, 2.75) is 24.9 Å². The maximum Gasteiger partial charge on any atom is 0.254 e. The van der Waals surface area contributed by atoms with Gasteiger partial charge in [0.05, 0.1) is 12.2 Å². The molecule has 1 amide bonds. The highest BCUT2D eigenvalue weighted by atomic mass is 16.5. The number of H-pyrrole nitrogens is 1. The molecule has 5 nitrogen and oxygen atoms in total. The summed E-state index contributed by atoms with van der Waals surface area (Å²) in [5.41, 5.74) is 1.64. The summed E-state index contributed by atoms with van der Waals surface area (Å²) in [6.07, 6.45) is 5.05. The molecule has 134 valence electrons. The first-order valence-corrected chi connectivity index (χ1v) is 9.20. The second-order valence-electron chi connectivity index (χ2n) is 7.94. The van der Waals surface area contributed by atoms with Crippen LogP contribution in [0, 0.1) is 5.92 Å². The van der Waals surface area contributed by atoms with Gasteiger partial charge in [-0.25, -0.2) is 0 Å². The van der Waals surface area contributed by atoms with Gasteiger partial charge in [0.2, 0.25) is 0 Å². The third kappa shape index (κ3) is 3.31. The number of ether oxygens (including phenoxy) is 1. The number of carbonyl (C=O) groups is 1. The van der Waals surface area contributed by atoms with Gasteiger partial charge in [-0.3, -0.25) is 4.79 Å². The second kappa shape index (κ2) is 6.46. The smallest absolute Gasteiger partial charge is 0.254 e. The monoisotopic (exact) mass is 341 g/mol. The predicted molar refractivity (Wildman–Crippen MR) is 98.8 cm³/mol. The summed E-state index contributed by atoms with van der Waals surface area (Å²) in [5.74, 6) is 0.690. The van der Waals surface area contributed by atoms with Crippen LogP contribution < -0.4 is 0 Å². The molecule has 0 bridgehead atoms. The molecular weight excluding hydrogens is 314 g/mol. The van der Waals surface area contributed by atoms with Crippen molar-refractivity contribution in [2.75, 3.05) is 40.3 Å². The molecule has 1 spiro atoms. The fourth-order valence-corrected chi connectivity index (χ4v) is 4.49. The Labute approximate surface area is 148 Å². The van der Waals surface area contributed by atoms with Crippen molar-refractivity contribution in [3.05, 3.63) is 36.0 Å². The Hall–Kier alpha value is -1.85. The molecule has 4 rings (SSSR count). The second-order valence-corrected chi connectivity index (χ2v) is 7.94. The summed E-state index contributed by atoms with van der Waals surface area (Å²) >= 11 is 0. The number of hydrogen-bond donors (Lipinski definition) is 1.